The van der Waals surface area contributed by atoms with E-state index in [-0.39, 0.29) is 0 Å². The minimum Gasteiger partial charge on any atom is -0.237 e. The number of aromatic nitrogens is 2. The number of benzene rings is 1. The first-order valence-corrected chi connectivity index (χ1v) is 6.89. The summed E-state index contributed by atoms with van der Waals surface area (Å²) in [6.45, 7) is 3.35. The summed E-state index contributed by atoms with van der Waals surface area (Å²) in [4.78, 5) is 0. The summed E-state index contributed by atoms with van der Waals surface area (Å²) in [6, 6.07) is 10.7. The highest BCUT2D eigenvalue weighted by molar-refractivity contribution is 5.14. The van der Waals surface area contributed by atoms with Gasteiger partial charge in [0.25, 0.3) is 5.82 Å². The van der Waals surface area contributed by atoms with E-state index in [1.807, 2.05) is 0 Å². The molecule has 1 aromatic heterocycles. The first-order valence-electron chi connectivity index (χ1n) is 6.89. The van der Waals surface area contributed by atoms with Crippen LogP contribution in [0, 0.1) is 0 Å². The second-order valence-electron chi connectivity index (χ2n) is 4.86. The van der Waals surface area contributed by atoms with Gasteiger partial charge in [0.1, 0.15) is 12.4 Å². The van der Waals surface area contributed by atoms with E-state index >= 15 is 0 Å². The fourth-order valence-corrected chi connectivity index (χ4v) is 2.40. The largest absolute Gasteiger partial charge is 0.256 e. The summed E-state index contributed by atoms with van der Waals surface area (Å²) in [5.74, 6) is 1.44. The molecule has 2 aromatic rings. The van der Waals surface area contributed by atoms with Gasteiger partial charge in [0, 0.05) is 6.42 Å². The van der Waals surface area contributed by atoms with E-state index < -0.39 is 0 Å². The molecule has 0 aliphatic rings. The number of hydrogen-bond acceptors (Lipinski definition) is 0. The van der Waals surface area contributed by atoms with Gasteiger partial charge < -0.3 is 0 Å². The van der Waals surface area contributed by atoms with Crippen molar-refractivity contribution in [3.05, 3.63) is 54.1 Å². The zero-order valence-corrected chi connectivity index (χ0v) is 11.5. The summed E-state index contributed by atoms with van der Waals surface area (Å²) in [5.41, 5.74) is 1.44. The molecule has 2 nitrogen and oxygen atoms in total. The summed E-state index contributed by atoms with van der Waals surface area (Å²) < 4.78 is 4.64. The van der Waals surface area contributed by atoms with Gasteiger partial charge in [-0.1, -0.05) is 37.3 Å². The van der Waals surface area contributed by atoms with Crippen molar-refractivity contribution in [3.8, 4) is 0 Å². The summed E-state index contributed by atoms with van der Waals surface area (Å²) in [6.07, 6.45) is 9.10. The molecular formula is C16H23N2+. The lowest BCUT2D eigenvalue weighted by molar-refractivity contribution is -0.704. The third-order valence-electron chi connectivity index (χ3n) is 3.39. The molecule has 0 fully saturated rings. The van der Waals surface area contributed by atoms with E-state index in [0.29, 0.717) is 0 Å². The average molecular weight is 243 g/mol. The maximum absolute atomic E-state index is 2.40. The third kappa shape index (κ3) is 3.22. The maximum Gasteiger partial charge on any atom is 0.256 e. The lowest BCUT2D eigenvalue weighted by Gasteiger charge is -2.03. The van der Waals surface area contributed by atoms with E-state index in [9.17, 15) is 0 Å². The van der Waals surface area contributed by atoms with Crippen LogP contribution in [0.5, 0.6) is 0 Å². The standard InChI is InChI=1S/C16H23N2/c1-3-8-16-17(2)13-14-18(16)12-7-11-15-9-5-4-6-10-15/h4-6,9-10,13-14H,3,7-8,11-12H2,1-2H3/q+1. The highest BCUT2D eigenvalue weighted by Gasteiger charge is 2.12. The molecular weight excluding hydrogens is 220 g/mol. The van der Waals surface area contributed by atoms with E-state index in [0.717, 1.165) is 19.4 Å². The Bertz CT molecular complexity index is 471. The van der Waals surface area contributed by atoms with E-state index in [4.69, 9.17) is 0 Å². The van der Waals surface area contributed by atoms with Gasteiger partial charge >= 0.3 is 0 Å². The predicted octanol–water partition coefficient (Wildman–Crippen LogP) is 2.90. The van der Waals surface area contributed by atoms with Crippen LogP contribution >= 0.6 is 0 Å². The highest BCUT2D eigenvalue weighted by Crippen LogP contribution is 2.03. The number of hydrogen-bond donors (Lipinski definition) is 0. The van der Waals surface area contributed by atoms with Gasteiger partial charge in [0.2, 0.25) is 0 Å². The molecule has 0 aliphatic carbocycles. The molecule has 0 N–H and O–H groups in total. The van der Waals surface area contributed by atoms with Gasteiger partial charge in [-0.2, -0.15) is 0 Å². The summed E-state index contributed by atoms with van der Waals surface area (Å²) in [5, 5.41) is 0. The van der Waals surface area contributed by atoms with Crippen molar-refractivity contribution in [3.63, 3.8) is 0 Å². The molecule has 0 aliphatic heterocycles. The molecule has 0 bridgehead atoms. The monoisotopic (exact) mass is 243 g/mol. The van der Waals surface area contributed by atoms with Crippen molar-refractivity contribution in [2.24, 2.45) is 7.05 Å². The molecule has 0 saturated carbocycles. The zero-order valence-electron chi connectivity index (χ0n) is 11.5. The number of aryl methyl sites for hydroxylation is 3. The molecule has 0 saturated heterocycles. The highest BCUT2D eigenvalue weighted by atomic mass is 15.1. The van der Waals surface area contributed by atoms with Gasteiger partial charge in [0.05, 0.1) is 13.6 Å². The first-order chi connectivity index (χ1) is 8.81. The Morgan fingerprint density at radius 3 is 2.61 bits per heavy atom. The molecule has 96 valence electrons. The number of rotatable bonds is 6. The van der Waals surface area contributed by atoms with Crippen LogP contribution in [0.1, 0.15) is 31.2 Å². The fraction of sp³-hybridized carbons (Fsp3) is 0.438. The van der Waals surface area contributed by atoms with Crippen molar-refractivity contribution in [1.29, 1.82) is 0 Å². The van der Waals surface area contributed by atoms with E-state index in [1.165, 1.54) is 24.2 Å². The van der Waals surface area contributed by atoms with Crippen molar-refractivity contribution >= 4 is 0 Å². The van der Waals surface area contributed by atoms with Gasteiger partial charge in [-0.25, -0.2) is 9.13 Å². The molecule has 2 heteroatoms. The molecule has 18 heavy (non-hydrogen) atoms. The van der Waals surface area contributed by atoms with Crippen LogP contribution in [-0.2, 0) is 26.4 Å². The Hall–Kier alpha value is -1.57. The Labute approximate surface area is 110 Å². The van der Waals surface area contributed by atoms with E-state index in [1.54, 1.807) is 0 Å². The third-order valence-corrected chi connectivity index (χ3v) is 3.39. The van der Waals surface area contributed by atoms with Crippen LogP contribution in [-0.4, -0.2) is 4.57 Å². The second-order valence-corrected chi connectivity index (χ2v) is 4.86. The topological polar surface area (TPSA) is 8.81 Å². The maximum atomic E-state index is 2.40. The SMILES string of the molecule is CCCc1n(C)cc[n+]1CCCc1ccccc1. The lowest BCUT2D eigenvalue weighted by Crippen LogP contribution is -2.37. The zero-order chi connectivity index (χ0) is 12.8. The van der Waals surface area contributed by atoms with Gasteiger partial charge in [-0.05, 0) is 24.8 Å². The van der Waals surface area contributed by atoms with Crippen LogP contribution in [0.2, 0.25) is 0 Å². The molecule has 0 amide bonds. The first kappa shape index (κ1) is 12.9. The number of imidazole rings is 1. The number of nitrogens with zero attached hydrogens (tertiary/aromatic N) is 2. The summed E-state index contributed by atoms with van der Waals surface area (Å²) in [7, 11) is 2.14. The van der Waals surface area contributed by atoms with Gasteiger partial charge in [0.15, 0.2) is 0 Å². The average Bonchev–Trinajstić information content (AvgIpc) is 2.73. The lowest BCUT2D eigenvalue weighted by atomic mass is 10.1. The quantitative estimate of drug-likeness (QED) is 0.690. The molecule has 1 aromatic carbocycles. The molecule has 0 unspecified atom stereocenters. The fourth-order valence-electron chi connectivity index (χ4n) is 2.40. The van der Waals surface area contributed by atoms with Crippen LogP contribution in [0.25, 0.3) is 0 Å². The van der Waals surface area contributed by atoms with Crippen LogP contribution in [0.4, 0.5) is 0 Å². The van der Waals surface area contributed by atoms with Crippen molar-refractivity contribution in [1.82, 2.24) is 4.57 Å². The van der Waals surface area contributed by atoms with Crippen molar-refractivity contribution in [2.75, 3.05) is 0 Å². The minimum atomic E-state index is 1.12. The normalized spacial score (nSPS) is 10.8. The molecule has 0 radical (unpaired) electrons. The van der Waals surface area contributed by atoms with Crippen LogP contribution < -0.4 is 4.57 Å². The Kier molecular flexibility index (Phi) is 4.57. The Morgan fingerprint density at radius 2 is 1.89 bits per heavy atom. The predicted molar refractivity (Wildman–Crippen MR) is 74.4 cm³/mol. The smallest absolute Gasteiger partial charge is 0.237 e. The summed E-state index contributed by atoms with van der Waals surface area (Å²) >= 11 is 0. The van der Waals surface area contributed by atoms with Gasteiger partial charge in [-0.3, -0.25) is 0 Å². The van der Waals surface area contributed by atoms with Gasteiger partial charge in [-0.15, -0.1) is 0 Å². The van der Waals surface area contributed by atoms with Crippen molar-refractivity contribution in [2.45, 2.75) is 39.2 Å². The molecule has 0 spiro atoms. The van der Waals surface area contributed by atoms with E-state index in [2.05, 4.69) is 65.8 Å². The molecule has 0 atom stereocenters. The second kappa shape index (κ2) is 6.39. The molecule has 2 rings (SSSR count). The van der Waals surface area contributed by atoms with Crippen LogP contribution in [0.3, 0.4) is 0 Å². The van der Waals surface area contributed by atoms with Crippen LogP contribution in [0.15, 0.2) is 42.7 Å². The Balaban J connectivity index is 1.90. The van der Waals surface area contributed by atoms with Crippen molar-refractivity contribution < 1.29 is 4.57 Å². The minimum absolute atomic E-state index is 1.12. The molecule has 1 heterocycles. The Morgan fingerprint density at radius 1 is 1.11 bits per heavy atom.